The average molecular weight is 373 g/mol. The molecule has 0 saturated carbocycles. The Kier molecular flexibility index (Phi) is 7.78. The molecule has 0 radical (unpaired) electrons. The summed E-state index contributed by atoms with van der Waals surface area (Å²) >= 11 is 0. The molecule has 0 aliphatic heterocycles. The lowest BCUT2D eigenvalue weighted by Crippen LogP contribution is -2.31. The molecule has 0 atom stereocenters. The van der Waals surface area contributed by atoms with Crippen molar-refractivity contribution in [1.29, 1.82) is 0 Å². The average Bonchev–Trinajstić information content (AvgIpc) is 3.05. The Hall–Kier alpha value is -2.88. The van der Waals surface area contributed by atoms with E-state index in [0.29, 0.717) is 18.0 Å². The van der Waals surface area contributed by atoms with Crippen LogP contribution in [0.4, 0.5) is 13.2 Å². The molecular weight excluding hydrogens is 355 g/mol. The van der Waals surface area contributed by atoms with Crippen LogP contribution in [0.1, 0.15) is 10.5 Å². The molecule has 0 unspecified atom stereocenters. The number of carboxylic acids is 1. The van der Waals surface area contributed by atoms with Gasteiger partial charge in [0.2, 0.25) is 0 Å². The van der Waals surface area contributed by atoms with E-state index in [4.69, 9.17) is 14.4 Å². The molecule has 1 amide bonds. The molecule has 0 aliphatic carbocycles. The van der Waals surface area contributed by atoms with E-state index in [2.05, 4.69) is 10.5 Å². The molecule has 1 aromatic carbocycles. The monoisotopic (exact) mass is 373 g/mol. The highest BCUT2D eigenvalue weighted by Crippen LogP contribution is 2.19. The zero-order valence-electron chi connectivity index (χ0n) is 14.1. The Morgan fingerprint density at radius 1 is 1.23 bits per heavy atom. The van der Waals surface area contributed by atoms with Gasteiger partial charge in [-0.1, -0.05) is 35.5 Å². The fourth-order valence-corrected chi connectivity index (χ4v) is 1.60. The SMILES string of the molecule is CN(C)CCNC(=O)c1cc(-c2ccccc2)on1.O=C(O)C(F)(F)F. The van der Waals surface area contributed by atoms with Gasteiger partial charge in [-0.05, 0) is 14.1 Å². The Bertz CT molecular complexity index is 715. The summed E-state index contributed by atoms with van der Waals surface area (Å²) in [4.78, 5) is 22.7. The Labute approximate surface area is 147 Å². The zero-order valence-corrected chi connectivity index (χ0v) is 14.1. The second-order valence-corrected chi connectivity index (χ2v) is 5.30. The first-order valence-corrected chi connectivity index (χ1v) is 7.36. The van der Waals surface area contributed by atoms with E-state index in [1.165, 1.54) is 0 Å². The van der Waals surface area contributed by atoms with Gasteiger partial charge < -0.3 is 19.8 Å². The Morgan fingerprint density at radius 3 is 2.31 bits per heavy atom. The minimum atomic E-state index is -5.08. The van der Waals surface area contributed by atoms with E-state index >= 15 is 0 Å². The second kappa shape index (κ2) is 9.56. The maximum Gasteiger partial charge on any atom is 0.490 e. The number of hydrogen-bond donors (Lipinski definition) is 2. The van der Waals surface area contributed by atoms with Crippen LogP contribution >= 0.6 is 0 Å². The van der Waals surface area contributed by atoms with Crippen LogP contribution in [0, 0.1) is 0 Å². The number of nitrogens with zero attached hydrogens (tertiary/aromatic N) is 2. The van der Waals surface area contributed by atoms with Crippen molar-refractivity contribution in [3.63, 3.8) is 0 Å². The molecule has 0 spiro atoms. The topological polar surface area (TPSA) is 95.7 Å². The van der Waals surface area contributed by atoms with Gasteiger partial charge in [0, 0.05) is 24.7 Å². The van der Waals surface area contributed by atoms with Crippen LogP contribution in [-0.2, 0) is 4.79 Å². The Morgan fingerprint density at radius 2 is 1.81 bits per heavy atom. The number of hydrogen-bond acceptors (Lipinski definition) is 5. The van der Waals surface area contributed by atoms with Crippen molar-refractivity contribution in [2.45, 2.75) is 6.18 Å². The minimum absolute atomic E-state index is 0.215. The summed E-state index contributed by atoms with van der Waals surface area (Å²) in [6.07, 6.45) is -5.08. The van der Waals surface area contributed by atoms with Crippen LogP contribution in [0.25, 0.3) is 11.3 Å². The third-order valence-electron chi connectivity index (χ3n) is 2.89. The molecule has 2 rings (SSSR count). The van der Waals surface area contributed by atoms with Crippen LogP contribution in [0.2, 0.25) is 0 Å². The molecule has 2 N–H and O–H groups in total. The van der Waals surface area contributed by atoms with Crippen LogP contribution in [0.3, 0.4) is 0 Å². The summed E-state index contributed by atoms with van der Waals surface area (Å²) in [7, 11) is 3.91. The number of rotatable bonds is 5. The summed E-state index contributed by atoms with van der Waals surface area (Å²) in [5.41, 5.74) is 1.21. The van der Waals surface area contributed by atoms with Crippen molar-refractivity contribution in [2.24, 2.45) is 0 Å². The highest BCUT2D eigenvalue weighted by Gasteiger charge is 2.38. The van der Waals surface area contributed by atoms with Gasteiger partial charge in [0.25, 0.3) is 5.91 Å². The number of carboxylic acid groups (broad SMARTS) is 1. The molecule has 26 heavy (non-hydrogen) atoms. The van der Waals surface area contributed by atoms with Gasteiger partial charge in [-0.2, -0.15) is 13.2 Å². The first-order chi connectivity index (χ1) is 12.1. The fourth-order valence-electron chi connectivity index (χ4n) is 1.60. The number of amides is 1. The third-order valence-corrected chi connectivity index (χ3v) is 2.89. The molecule has 0 aliphatic rings. The lowest BCUT2D eigenvalue weighted by molar-refractivity contribution is -0.192. The summed E-state index contributed by atoms with van der Waals surface area (Å²) in [6, 6.07) is 11.2. The first-order valence-electron chi connectivity index (χ1n) is 7.36. The molecule has 1 heterocycles. The second-order valence-electron chi connectivity index (χ2n) is 5.30. The van der Waals surface area contributed by atoms with Gasteiger partial charge in [0.1, 0.15) is 0 Å². The van der Waals surface area contributed by atoms with Crippen LogP contribution < -0.4 is 5.32 Å². The van der Waals surface area contributed by atoms with Gasteiger partial charge >= 0.3 is 12.1 Å². The number of benzene rings is 1. The van der Waals surface area contributed by atoms with Gasteiger partial charge in [-0.15, -0.1) is 0 Å². The lowest BCUT2D eigenvalue weighted by atomic mass is 10.1. The van der Waals surface area contributed by atoms with Gasteiger partial charge in [-0.25, -0.2) is 4.79 Å². The quantitative estimate of drug-likeness (QED) is 0.835. The molecule has 1 aromatic heterocycles. The third kappa shape index (κ3) is 7.34. The zero-order chi connectivity index (χ0) is 19.7. The van der Waals surface area contributed by atoms with E-state index < -0.39 is 12.1 Å². The largest absolute Gasteiger partial charge is 0.490 e. The van der Waals surface area contributed by atoms with Crippen molar-refractivity contribution < 1.29 is 32.4 Å². The predicted octanol–water partition coefficient (Wildman–Crippen LogP) is 2.27. The number of alkyl halides is 3. The molecular formula is C16H18F3N3O4. The van der Waals surface area contributed by atoms with E-state index in [1.54, 1.807) is 6.07 Å². The smallest absolute Gasteiger partial charge is 0.475 e. The summed E-state index contributed by atoms with van der Waals surface area (Å²) < 4.78 is 36.9. The van der Waals surface area contributed by atoms with Gasteiger partial charge in [-0.3, -0.25) is 4.79 Å². The van der Waals surface area contributed by atoms with Crippen LogP contribution in [-0.4, -0.2) is 60.4 Å². The van der Waals surface area contributed by atoms with Crippen molar-refractivity contribution in [3.05, 3.63) is 42.1 Å². The fraction of sp³-hybridized carbons (Fsp3) is 0.312. The van der Waals surface area contributed by atoms with Crippen molar-refractivity contribution in [3.8, 4) is 11.3 Å². The predicted molar refractivity (Wildman–Crippen MR) is 86.5 cm³/mol. The molecule has 142 valence electrons. The highest BCUT2D eigenvalue weighted by molar-refractivity contribution is 5.93. The molecule has 0 saturated heterocycles. The van der Waals surface area contributed by atoms with Crippen molar-refractivity contribution >= 4 is 11.9 Å². The maximum absolute atomic E-state index is 11.8. The number of halogens is 3. The number of aromatic nitrogens is 1. The normalized spacial score (nSPS) is 10.8. The summed E-state index contributed by atoms with van der Waals surface area (Å²) in [6.45, 7) is 1.37. The van der Waals surface area contributed by atoms with Crippen molar-refractivity contribution in [1.82, 2.24) is 15.4 Å². The highest BCUT2D eigenvalue weighted by atomic mass is 19.4. The minimum Gasteiger partial charge on any atom is -0.475 e. The van der Waals surface area contributed by atoms with Gasteiger partial charge in [0.15, 0.2) is 11.5 Å². The number of carbonyl (C=O) groups excluding carboxylic acids is 1. The van der Waals surface area contributed by atoms with Crippen molar-refractivity contribution in [2.75, 3.05) is 27.2 Å². The Balaban J connectivity index is 0.000000412. The first kappa shape index (κ1) is 21.2. The molecule has 2 aromatic rings. The van der Waals surface area contributed by atoms with E-state index in [1.807, 2.05) is 49.3 Å². The van der Waals surface area contributed by atoms with E-state index in [9.17, 15) is 18.0 Å². The number of carbonyl (C=O) groups is 2. The summed E-state index contributed by atoms with van der Waals surface area (Å²) in [5, 5.41) is 13.7. The lowest BCUT2D eigenvalue weighted by Gasteiger charge is -2.08. The van der Waals surface area contributed by atoms with E-state index in [-0.39, 0.29) is 5.91 Å². The van der Waals surface area contributed by atoms with Crippen LogP contribution in [0.5, 0.6) is 0 Å². The number of likely N-dealkylation sites (N-methyl/N-ethyl adjacent to an activating group) is 1. The number of nitrogens with one attached hydrogen (secondary N) is 1. The van der Waals surface area contributed by atoms with Gasteiger partial charge in [0.05, 0.1) is 0 Å². The molecule has 7 nitrogen and oxygen atoms in total. The molecule has 0 fully saturated rings. The summed E-state index contributed by atoms with van der Waals surface area (Å²) in [5.74, 6) is -2.38. The molecule has 0 bridgehead atoms. The number of aliphatic carboxylic acids is 1. The van der Waals surface area contributed by atoms with E-state index in [0.717, 1.165) is 12.1 Å². The molecule has 10 heteroatoms. The maximum atomic E-state index is 11.8. The van der Waals surface area contributed by atoms with Crippen LogP contribution in [0.15, 0.2) is 40.9 Å². The standard InChI is InChI=1S/C14H17N3O2.C2HF3O2/c1-17(2)9-8-15-14(18)12-10-13(19-16-12)11-6-4-3-5-7-11;3-2(4,5)1(6)7/h3-7,10H,8-9H2,1-2H3,(H,15,18);(H,6,7).